The number of nitrogens with one attached hydrogen (secondary N) is 1. The highest BCUT2D eigenvalue weighted by Crippen LogP contribution is 2.43. The molecule has 1 aliphatic heterocycles. The molecule has 0 saturated heterocycles. The molecule has 7 nitrogen and oxygen atoms in total. The molecule has 176 valence electrons. The number of nitriles is 1. The summed E-state index contributed by atoms with van der Waals surface area (Å²) in [5, 5.41) is 27.9. The number of anilines is 1. The summed E-state index contributed by atoms with van der Waals surface area (Å²) in [6.07, 6.45) is -4.66. The maximum atomic E-state index is 13.3. The Morgan fingerprint density at radius 1 is 1.21 bits per heavy atom. The van der Waals surface area contributed by atoms with Crippen LogP contribution in [-0.4, -0.2) is 29.5 Å². The number of carboxylic acids is 1. The monoisotopic (exact) mass is 471 g/mol. The Morgan fingerprint density at radius 3 is 2.38 bits per heavy atom. The second-order valence-electron chi connectivity index (χ2n) is 7.51. The maximum absolute atomic E-state index is 13.3. The van der Waals surface area contributed by atoms with Crippen LogP contribution in [0.15, 0.2) is 59.8 Å². The molecule has 0 spiro atoms. The number of hydrogen-bond donors (Lipinski definition) is 2. The van der Waals surface area contributed by atoms with E-state index in [0.29, 0.717) is 11.1 Å². The zero-order chi connectivity index (χ0) is 25.2. The number of alkyl halides is 3. The van der Waals surface area contributed by atoms with Crippen molar-refractivity contribution >= 4 is 23.5 Å². The number of allylic oxidation sites excluding steroid dienone is 1. The molecule has 2 N–H and O–H groups in total. The van der Waals surface area contributed by atoms with Crippen LogP contribution in [0.3, 0.4) is 0 Å². The molecule has 0 radical (unpaired) electrons. The van der Waals surface area contributed by atoms with Crippen LogP contribution in [0.4, 0.5) is 18.9 Å². The second-order valence-corrected chi connectivity index (χ2v) is 7.51. The van der Waals surface area contributed by atoms with Crippen molar-refractivity contribution in [3.8, 4) is 6.07 Å². The van der Waals surface area contributed by atoms with Gasteiger partial charge in [0.05, 0.1) is 29.4 Å². The van der Waals surface area contributed by atoms with Gasteiger partial charge in [0.25, 0.3) is 0 Å². The molecule has 0 bridgehead atoms. The Labute approximate surface area is 193 Å². The van der Waals surface area contributed by atoms with Gasteiger partial charge >= 0.3 is 18.1 Å². The first-order valence-corrected chi connectivity index (χ1v) is 10.2. The molecule has 0 aromatic heterocycles. The lowest BCUT2D eigenvalue weighted by molar-refractivity contribution is -0.146. The number of benzene rings is 2. The number of hydrogen-bond acceptors (Lipinski definition) is 5. The van der Waals surface area contributed by atoms with Gasteiger partial charge in [0.1, 0.15) is 11.8 Å². The maximum Gasteiger partial charge on any atom is 0.416 e. The van der Waals surface area contributed by atoms with Crippen LogP contribution in [0.5, 0.6) is 0 Å². The molecule has 0 fully saturated rings. The van der Waals surface area contributed by atoms with Crippen molar-refractivity contribution in [3.05, 3.63) is 76.5 Å². The Hall–Kier alpha value is -4.13. The molecule has 3 rings (SSSR count). The summed E-state index contributed by atoms with van der Waals surface area (Å²) in [5.41, 5.74) is -0.705. The summed E-state index contributed by atoms with van der Waals surface area (Å²) < 4.78 is 45.0. The number of nitrogens with zero attached hydrogens (tertiary/aromatic N) is 2. The van der Waals surface area contributed by atoms with Crippen LogP contribution >= 0.6 is 0 Å². The van der Waals surface area contributed by atoms with E-state index in [1.165, 1.54) is 37.3 Å². The van der Waals surface area contributed by atoms with E-state index in [1.54, 1.807) is 6.92 Å². The SMILES string of the molecule is CCOC(=O)C1C(=N)N(c2cccc(C(F)(F)F)c2)C(C)=C(C(=O)O)C1c1ccc(C#N)cc1. The fourth-order valence-electron chi connectivity index (χ4n) is 4.04. The van der Waals surface area contributed by atoms with Gasteiger partial charge in [0.2, 0.25) is 0 Å². The molecule has 0 saturated carbocycles. The molecule has 0 amide bonds. The second kappa shape index (κ2) is 9.39. The topological polar surface area (TPSA) is 114 Å². The lowest BCUT2D eigenvalue weighted by Crippen LogP contribution is -2.48. The third kappa shape index (κ3) is 4.50. The number of ether oxygens (including phenoxy) is 1. The summed E-state index contributed by atoms with van der Waals surface area (Å²) in [7, 11) is 0. The largest absolute Gasteiger partial charge is 0.478 e. The van der Waals surface area contributed by atoms with Crippen molar-refractivity contribution in [3.63, 3.8) is 0 Å². The average Bonchev–Trinajstić information content (AvgIpc) is 2.78. The first-order valence-electron chi connectivity index (χ1n) is 10.2. The van der Waals surface area contributed by atoms with E-state index < -0.39 is 41.3 Å². The van der Waals surface area contributed by atoms with Gasteiger partial charge in [-0.05, 0) is 49.7 Å². The minimum Gasteiger partial charge on any atom is -0.478 e. The third-order valence-corrected chi connectivity index (χ3v) is 5.51. The Kier molecular flexibility index (Phi) is 6.77. The smallest absolute Gasteiger partial charge is 0.416 e. The quantitative estimate of drug-likeness (QED) is 0.611. The van der Waals surface area contributed by atoms with Gasteiger partial charge in [0.15, 0.2) is 0 Å². The number of halogens is 3. The summed E-state index contributed by atoms with van der Waals surface area (Å²) in [6, 6.07) is 11.9. The van der Waals surface area contributed by atoms with Gasteiger partial charge in [-0.1, -0.05) is 18.2 Å². The Morgan fingerprint density at radius 2 is 1.85 bits per heavy atom. The molecule has 2 unspecified atom stereocenters. The molecule has 1 aliphatic rings. The van der Waals surface area contributed by atoms with Gasteiger partial charge in [-0.15, -0.1) is 0 Å². The highest BCUT2D eigenvalue weighted by Gasteiger charge is 2.47. The molecule has 10 heteroatoms. The zero-order valence-corrected chi connectivity index (χ0v) is 18.2. The minimum atomic E-state index is -4.66. The summed E-state index contributed by atoms with van der Waals surface area (Å²) in [4.78, 5) is 26.4. The van der Waals surface area contributed by atoms with Gasteiger partial charge < -0.3 is 14.7 Å². The minimum absolute atomic E-state index is 0.00765. The van der Waals surface area contributed by atoms with Crippen LogP contribution in [0.2, 0.25) is 0 Å². The molecule has 2 aromatic carbocycles. The van der Waals surface area contributed by atoms with Crippen molar-refractivity contribution in [1.29, 1.82) is 10.7 Å². The Bertz CT molecular complexity index is 1210. The Balaban J connectivity index is 2.27. The molecule has 2 aromatic rings. The average molecular weight is 471 g/mol. The predicted molar refractivity (Wildman–Crippen MR) is 116 cm³/mol. The van der Waals surface area contributed by atoms with E-state index in [9.17, 15) is 27.9 Å². The number of aliphatic carboxylic acids is 1. The van der Waals surface area contributed by atoms with Gasteiger partial charge in [0, 0.05) is 17.3 Å². The fraction of sp³-hybridized carbons (Fsp3) is 0.250. The van der Waals surface area contributed by atoms with Gasteiger partial charge in [-0.25, -0.2) is 4.79 Å². The van der Waals surface area contributed by atoms with E-state index in [0.717, 1.165) is 23.1 Å². The first kappa shape index (κ1) is 24.5. The predicted octanol–water partition coefficient (Wildman–Crippen LogP) is 4.70. The standard InChI is InChI=1S/C24H20F3N3O4/c1-3-34-23(33)20-19(15-9-7-14(12-28)8-10-15)18(22(31)32)13(2)30(21(20)29)17-6-4-5-16(11-17)24(25,26)27/h4-11,19-20,29H,3H2,1-2H3,(H,31,32). The van der Waals surface area contributed by atoms with Crippen LogP contribution in [0.1, 0.15) is 36.5 Å². The molecule has 0 aliphatic carbocycles. The summed E-state index contributed by atoms with van der Waals surface area (Å²) in [6.45, 7) is 2.87. The van der Waals surface area contributed by atoms with Gasteiger partial charge in [-0.3, -0.25) is 10.2 Å². The fourth-order valence-corrected chi connectivity index (χ4v) is 4.04. The van der Waals surface area contributed by atoms with Gasteiger partial charge in [-0.2, -0.15) is 18.4 Å². The third-order valence-electron chi connectivity index (χ3n) is 5.51. The molecule has 1 heterocycles. The summed E-state index contributed by atoms with van der Waals surface area (Å²) in [5.74, 6) is -5.30. The molecule has 34 heavy (non-hydrogen) atoms. The number of rotatable bonds is 5. The number of esters is 1. The van der Waals surface area contributed by atoms with Crippen LogP contribution in [0.25, 0.3) is 0 Å². The summed E-state index contributed by atoms with van der Waals surface area (Å²) >= 11 is 0. The van der Waals surface area contributed by atoms with Crippen LogP contribution in [-0.2, 0) is 20.5 Å². The van der Waals surface area contributed by atoms with E-state index in [1.807, 2.05) is 6.07 Å². The van der Waals surface area contributed by atoms with Crippen molar-refractivity contribution in [2.45, 2.75) is 25.9 Å². The number of carbonyl (C=O) groups is 2. The van der Waals surface area contributed by atoms with Crippen molar-refractivity contribution in [2.75, 3.05) is 11.5 Å². The van der Waals surface area contributed by atoms with Crippen LogP contribution in [0, 0.1) is 22.7 Å². The van der Waals surface area contributed by atoms with E-state index in [4.69, 9.17) is 15.4 Å². The number of carbonyl (C=O) groups excluding carboxylic acids is 1. The molecular formula is C24H20F3N3O4. The highest BCUT2D eigenvalue weighted by atomic mass is 19.4. The normalized spacial score (nSPS) is 18.5. The first-order chi connectivity index (χ1) is 16.0. The lowest BCUT2D eigenvalue weighted by atomic mass is 9.75. The van der Waals surface area contributed by atoms with E-state index in [-0.39, 0.29) is 23.6 Å². The van der Waals surface area contributed by atoms with Crippen LogP contribution < -0.4 is 4.90 Å². The van der Waals surface area contributed by atoms with E-state index in [2.05, 4.69) is 0 Å². The number of carboxylic acid groups (broad SMARTS) is 1. The van der Waals surface area contributed by atoms with Crippen molar-refractivity contribution < 1.29 is 32.6 Å². The van der Waals surface area contributed by atoms with E-state index >= 15 is 0 Å². The van der Waals surface area contributed by atoms with Crippen molar-refractivity contribution in [1.82, 2.24) is 0 Å². The molecule has 2 atom stereocenters. The number of amidine groups is 1. The van der Waals surface area contributed by atoms with Crippen molar-refractivity contribution in [2.24, 2.45) is 5.92 Å². The molecular weight excluding hydrogens is 451 g/mol. The highest BCUT2D eigenvalue weighted by molar-refractivity contribution is 6.14. The zero-order valence-electron chi connectivity index (χ0n) is 18.2. The lowest BCUT2D eigenvalue weighted by Gasteiger charge is -2.40.